The summed E-state index contributed by atoms with van der Waals surface area (Å²) in [4.78, 5) is 14.4. The van der Waals surface area contributed by atoms with Gasteiger partial charge in [-0.25, -0.2) is 8.42 Å². The monoisotopic (exact) mass is 310 g/mol. The molecule has 0 unspecified atom stereocenters. The first-order valence-electron chi connectivity index (χ1n) is 7.17. The largest absolute Gasteiger partial charge is 0.325 e. The van der Waals surface area contributed by atoms with Crippen molar-refractivity contribution in [1.29, 1.82) is 0 Å². The van der Waals surface area contributed by atoms with Gasteiger partial charge < -0.3 is 5.32 Å². The predicted octanol–water partition coefficient (Wildman–Crippen LogP) is 1.76. The average Bonchev–Trinajstić information content (AvgIpc) is 2.37. The van der Waals surface area contributed by atoms with Gasteiger partial charge in [-0.3, -0.25) is 9.69 Å². The molecule has 0 aliphatic carbocycles. The third-order valence-corrected chi connectivity index (χ3v) is 4.76. The summed E-state index contributed by atoms with van der Waals surface area (Å²) in [6.07, 6.45) is 3.50. The van der Waals surface area contributed by atoms with Crippen molar-refractivity contribution in [3.05, 3.63) is 24.3 Å². The third-order valence-electron chi connectivity index (χ3n) is 3.65. The van der Waals surface area contributed by atoms with Gasteiger partial charge in [0.1, 0.15) is 0 Å². The summed E-state index contributed by atoms with van der Waals surface area (Å²) < 4.78 is 23.0. The number of hydrogen-bond acceptors (Lipinski definition) is 4. The van der Waals surface area contributed by atoms with Crippen LogP contribution < -0.4 is 5.32 Å². The standard InChI is InChI=1S/C15H22N2O3S/c1-12-5-4-8-17(10-12)11-15(18)16-13-6-3-7-14(9-13)21(2,19)20/h3,6-7,9,12H,4-5,8,10-11H2,1-2H3,(H,16,18)/t12-/m0/s1. The van der Waals surface area contributed by atoms with E-state index in [1.807, 2.05) is 0 Å². The molecule has 116 valence electrons. The second-order valence-electron chi connectivity index (χ2n) is 5.83. The maximum atomic E-state index is 12.0. The Kier molecular flexibility index (Phi) is 5.00. The highest BCUT2D eigenvalue weighted by Crippen LogP contribution is 2.17. The van der Waals surface area contributed by atoms with Crippen molar-refractivity contribution in [1.82, 2.24) is 4.90 Å². The molecule has 0 aromatic heterocycles. The lowest BCUT2D eigenvalue weighted by molar-refractivity contribution is -0.117. The molecule has 21 heavy (non-hydrogen) atoms. The molecule has 1 amide bonds. The van der Waals surface area contributed by atoms with Crippen molar-refractivity contribution in [2.45, 2.75) is 24.7 Å². The zero-order chi connectivity index (χ0) is 15.5. The number of benzene rings is 1. The van der Waals surface area contributed by atoms with Crippen molar-refractivity contribution >= 4 is 21.4 Å². The fourth-order valence-electron chi connectivity index (χ4n) is 2.64. The van der Waals surface area contributed by atoms with Crippen LogP contribution in [-0.4, -0.2) is 45.1 Å². The highest BCUT2D eigenvalue weighted by molar-refractivity contribution is 7.90. The van der Waals surface area contributed by atoms with Crippen LogP contribution in [0, 0.1) is 5.92 Å². The molecule has 1 aromatic carbocycles. The number of nitrogens with zero attached hydrogens (tertiary/aromatic N) is 1. The van der Waals surface area contributed by atoms with Gasteiger partial charge in [0, 0.05) is 18.5 Å². The van der Waals surface area contributed by atoms with Crippen molar-refractivity contribution in [2.24, 2.45) is 5.92 Å². The first kappa shape index (κ1) is 16.0. The molecule has 6 heteroatoms. The van der Waals surface area contributed by atoms with E-state index in [0.29, 0.717) is 18.2 Å². The van der Waals surface area contributed by atoms with Crippen LogP contribution in [0.15, 0.2) is 29.2 Å². The molecule has 1 aliphatic rings. The van der Waals surface area contributed by atoms with Crippen LogP contribution in [0.25, 0.3) is 0 Å². The average molecular weight is 310 g/mol. The van der Waals surface area contributed by atoms with Gasteiger partial charge in [-0.15, -0.1) is 0 Å². The molecule has 1 aromatic rings. The molecule has 0 saturated carbocycles. The maximum absolute atomic E-state index is 12.0. The van der Waals surface area contributed by atoms with Gasteiger partial charge in [0.15, 0.2) is 9.84 Å². The van der Waals surface area contributed by atoms with Gasteiger partial charge in [0.05, 0.1) is 11.4 Å². The summed E-state index contributed by atoms with van der Waals surface area (Å²) >= 11 is 0. The van der Waals surface area contributed by atoms with Crippen molar-refractivity contribution < 1.29 is 13.2 Å². The Bertz CT molecular complexity index is 613. The van der Waals surface area contributed by atoms with Gasteiger partial charge in [0.25, 0.3) is 0 Å². The van der Waals surface area contributed by atoms with Gasteiger partial charge in [-0.2, -0.15) is 0 Å². The molecule has 1 aliphatic heterocycles. The smallest absolute Gasteiger partial charge is 0.238 e. The van der Waals surface area contributed by atoms with Crippen LogP contribution in [-0.2, 0) is 14.6 Å². The van der Waals surface area contributed by atoms with Crippen LogP contribution in [0.1, 0.15) is 19.8 Å². The van der Waals surface area contributed by atoms with E-state index in [2.05, 4.69) is 17.1 Å². The minimum Gasteiger partial charge on any atom is -0.325 e. The first-order chi connectivity index (χ1) is 9.84. The molecule has 0 spiro atoms. The second-order valence-corrected chi connectivity index (χ2v) is 7.85. The molecule has 0 radical (unpaired) electrons. The van der Waals surface area contributed by atoms with Gasteiger partial charge >= 0.3 is 0 Å². The molecule has 0 bridgehead atoms. The van der Waals surface area contributed by atoms with E-state index >= 15 is 0 Å². The minimum atomic E-state index is -3.26. The number of hydrogen-bond donors (Lipinski definition) is 1. The van der Waals surface area contributed by atoms with Crippen molar-refractivity contribution in [2.75, 3.05) is 31.2 Å². The predicted molar refractivity (Wildman–Crippen MR) is 83.0 cm³/mol. The Morgan fingerprint density at radius 1 is 1.43 bits per heavy atom. The van der Waals surface area contributed by atoms with E-state index in [0.717, 1.165) is 25.8 Å². The number of anilines is 1. The number of nitrogens with one attached hydrogen (secondary N) is 1. The van der Waals surface area contributed by atoms with Crippen LogP contribution >= 0.6 is 0 Å². The van der Waals surface area contributed by atoms with Crippen LogP contribution in [0.3, 0.4) is 0 Å². The molecule has 1 N–H and O–H groups in total. The number of amides is 1. The SMILES string of the molecule is C[C@H]1CCCN(CC(=O)Nc2cccc(S(C)(=O)=O)c2)C1. The summed E-state index contributed by atoms with van der Waals surface area (Å²) in [6, 6.07) is 6.35. The zero-order valence-corrected chi connectivity index (χ0v) is 13.3. The summed E-state index contributed by atoms with van der Waals surface area (Å²) in [5.41, 5.74) is 0.521. The third kappa shape index (κ3) is 4.82. The van der Waals surface area contributed by atoms with E-state index in [-0.39, 0.29) is 10.8 Å². The molecular formula is C15H22N2O3S. The normalized spacial score (nSPS) is 20.2. The van der Waals surface area contributed by atoms with Crippen LogP contribution in [0.2, 0.25) is 0 Å². The Labute approximate surface area is 126 Å². The first-order valence-corrected chi connectivity index (χ1v) is 9.06. The van der Waals surface area contributed by atoms with Crippen molar-refractivity contribution in [3.8, 4) is 0 Å². The second kappa shape index (κ2) is 6.58. The fraction of sp³-hybridized carbons (Fsp3) is 0.533. The van der Waals surface area contributed by atoms with Gasteiger partial charge in [0.2, 0.25) is 5.91 Å². The number of likely N-dealkylation sites (tertiary alicyclic amines) is 1. The number of piperidine rings is 1. The summed E-state index contributed by atoms with van der Waals surface area (Å²) in [7, 11) is -3.26. The molecule has 5 nitrogen and oxygen atoms in total. The van der Waals surface area contributed by atoms with Crippen LogP contribution in [0.4, 0.5) is 5.69 Å². The van der Waals surface area contributed by atoms with Gasteiger partial charge in [-0.1, -0.05) is 13.0 Å². The number of sulfone groups is 1. The molecule has 1 atom stereocenters. The number of carbonyl (C=O) groups excluding carboxylic acids is 1. The molecule has 1 heterocycles. The summed E-state index contributed by atoms with van der Waals surface area (Å²) in [5, 5.41) is 2.77. The lowest BCUT2D eigenvalue weighted by Crippen LogP contribution is -2.39. The molecule has 2 rings (SSSR count). The highest BCUT2D eigenvalue weighted by atomic mass is 32.2. The fourth-order valence-corrected chi connectivity index (χ4v) is 3.31. The lowest BCUT2D eigenvalue weighted by Gasteiger charge is -2.30. The van der Waals surface area contributed by atoms with Gasteiger partial charge in [-0.05, 0) is 43.5 Å². The molecule has 1 fully saturated rings. The van der Waals surface area contributed by atoms with E-state index in [9.17, 15) is 13.2 Å². The summed E-state index contributed by atoms with van der Waals surface area (Å²) in [5.74, 6) is 0.523. The maximum Gasteiger partial charge on any atom is 0.238 e. The minimum absolute atomic E-state index is 0.102. The van der Waals surface area contributed by atoms with Crippen LogP contribution in [0.5, 0.6) is 0 Å². The lowest BCUT2D eigenvalue weighted by atomic mass is 10.0. The Balaban J connectivity index is 1.96. The number of rotatable bonds is 4. The van der Waals surface area contributed by atoms with E-state index in [1.54, 1.807) is 12.1 Å². The quantitative estimate of drug-likeness (QED) is 0.920. The summed E-state index contributed by atoms with van der Waals surface area (Å²) in [6.45, 7) is 4.44. The van der Waals surface area contributed by atoms with E-state index in [4.69, 9.17) is 0 Å². The highest BCUT2D eigenvalue weighted by Gasteiger charge is 2.18. The van der Waals surface area contributed by atoms with E-state index < -0.39 is 9.84 Å². The van der Waals surface area contributed by atoms with E-state index in [1.165, 1.54) is 18.6 Å². The topological polar surface area (TPSA) is 66.5 Å². The Morgan fingerprint density at radius 2 is 2.19 bits per heavy atom. The van der Waals surface area contributed by atoms with Crippen molar-refractivity contribution in [3.63, 3.8) is 0 Å². The molecule has 1 saturated heterocycles. The Morgan fingerprint density at radius 3 is 2.86 bits per heavy atom. The zero-order valence-electron chi connectivity index (χ0n) is 12.5. The Hall–Kier alpha value is -1.40. The number of carbonyl (C=O) groups is 1. The molecular weight excluding hydrogens is 288 g/mol.